The Labute approximate surface area is 239 Å². The van der Waals surface area contributed by atoms with Gasteiger partial charge in [0.15, 0.2) is 0 Å². The molecule has 0 radical (unpaired) electrons. The number of hydrogen-bond donors (Lipinski definition) is 3. The van der Waals surface area contributed by atoms with E-state index in [0.717, 1.165) is 41.8 Å². The number of aromatic nitrogens is 4. The van der Waals surface area contributed by atoms with Gasteiger partial charge in [-0.25, -0.2) is 19.8 Å². The molecule has 1 aliphatic rings. The summed E-state index contributed by atoms with van der Waals surface area (Å²) in [7, 11) is 0. The molecule has 212 valence electrons. The van der Waals surface area contributed by atoms with Crippen LogP contribution in [0.2, 0.25) is 0 Å². The molecule has 0 bridgehead atoms. The summed E-state index contributed by atoms with van der Waals surface area (Å²) >= 11 is 0. The van der Waals surface area contributed by atoms with Crippen molar-refractivity contribution in [2.45, 2.75) is 51.5 Å². The minimum atomic E-state index is -0.879. The first-order valence-corrected chi connectivity index (χ1v) is 14.0. The standard InChI is InChI=1S/C31H35FN8O/c32-19-27-26(22-36-31(38-27)39-37-20-23-9-2-1-3-10-23)30(41)40(18-8-15-33-21-25-13-4-5-16-34-25)28-14-6-11-24-12-7-17-35-29(24)28/h1-5,7,9-10,12-13,16-17,22,28,33,37H,6,8,11,14-15,18-21H2,(H,36,38,39). The molecule has 1 aliphatic carbocycles. The monoisotopic (exact) mass is 554 g/mol. The van der Waals surface area contributed by atoms with E-state index >= 15 is 0 Å². The van der Waals surface area contributed by atoms with Crippen molar-refractivity contribution in [1.29, 1.82) is 0 Å². The second-order valence-electron chi connectivity index (χ2n) is 9.96. The molecule has 41 heavy (non-hydrogen) atoms. The highest BCUT2D eigenvalue weighted by Crippen LogP contribution is 2.34. The molecule has 1 atom stereocenters. The molecule has 1 unspecified atom stereocenters. The molecule has 1 aromatic carbocycles. The highest BCUT2D eigenvalue weighted by molar-refractivity contribution is 5.95. The first kappa shape index (κ1) is 28.3. The summed E-state index contributed by atoms with van der Waals surface area (Å²) in [5, 5.41) is 3.40. The first-order chi connectivity index (χ1) is 20.2. The summed E-state index contributed by atoms with van der Waals surface area (Å²) in [6, 6.07) is 19.5. The number of anilines is 1. The lowest BCUT2D eigenvalue weighted by Crippen LogP contribution is -2.39. The third kappa shape index (κ3) is 7.47. The number of pyridine rings is 2. The lowest BCUT2D eigenvalue weighted by molar-refractivity contribution is 0.0646. The van der Waals surface area contributed by atoms with Gasteiger partial charge in [-0.05, 0) is 61.6 Å². The summed E-state index contributed by atoms with van der Waals surface area (Å²) < 4.78 is 14.2. The number of amides is 1. The summed E-state index contributed by atoms with van der Waals surface area (Å²) in [5.41, 5.74) is 10.3. The van der Waals surface area contributed by atoms with E-state index in [4.69, 9.17) is 0 Å². The van der Waals surface area contributed by atoms with E-state index in [1.54, 1.807) is 12.4 Å². The highest BCUT2D eigenvalue weighted by atomic mass is 19.1. The van der Waals surface area contributed by atoms with Crippen LogP contribution in [0.1, 0.15) is 63.9 Å². The van der Waals surface area contributed by atoms with Crippen LogP contribution in [0.5, 0.6) is 0 Å². The molecular formula is C31H35FN8O. The van der Waals surface area contributed by atoms with Gasteiger partial charge in [-0.2, -0.15) is 0 Å². The molecule has 1 amide bonds. The predicted octanol–water partition coefficient (Wildman–Crippen LogP) is 4.55. The van der Waals surface area contributed by atoms with Gasteiger partial charge < -0.3 is 10.2 Å². The van der Waals surface area contributed by atoms with Crippen molar-refractivity contribution in [1.82, 2.24) is 35.6 Å². The van der Waals surface area contributed by atoms with Crippen LogP contribution in [0.4, 0.5) is 10.3 Å². The van der Waals surface area contributed by atoms with Gasteiger partial charge in [-0.15, -0.1) is 0 Å². The van der Waals surface area contributed by atoms with Gasteiger partial charge in [0.1, 0.15) is 6.67 Å². The van der Waals surface area contributed by atoms with E-state index in [-0.39, 0.29) is 29.2 Å². The number of rotatable bonds is 13. The normalized spacial score (nSPS) is 14.3. The van der Waals surface area contributed by atoms with Gasteiger partial charge in [-0.3, -0.25) is 20.2 Å². The second kappa shape index (κ2) is 14.4. The van der Waals surface area contributed by atoms with Crippen molar-refractivity contribution in [3.8, 4) is 0 Å². The zero-order valence-corrected chi connectivity index (χ0v) is 23.0. The molecule has 0 saturated heterocycles. The van der Waals surface area contributed by atoms with Crippen LogP contribution in [0.3, 0.4) is 0 Å². The Morgan fingerprint density at radius 1 is 0.976 bits per heavy atom. The molecule has 0 spiro atoms. The number of alkyl halides is 1. The van der Waals surface area contributed by atoms with E-state index in [0.29, 0.717) is 32.6 Å². The number of nitrogens with one attached hydrogen (secondary N) is 3. The summed E-state index contributed by atoms with van der Waals surface area (Å²) in [4.78, 5) is 33.5. The van der Waals surface area contributed by atoms with Crippen LogP contribution < -0.4 is 16.2 Å². The van der Waals surface area contributed by atoms with E-state index in [9.17, 15) is 9.18 Å². The Bertz CT molecular complexity index is 1410. The minimum Gasteiger partial charge on any atom is -0.330 e. The number of hydrazine groups is 1. The zero-order valence-electron chi connectivity index (χ0n) is 23.0. The van der Waals surface area contributed by atoms with Gasteiger partial charge in [0, 0.05) is 38.2 Å². The average molecular weight is 555 g/mol. The Morgan fingerprint density at radius 2 is 1.83 bits per heavy atom. The van der Waals surface area contributed by atoms with Gasteiger partial charge in [0.25, 0.3) is 5.91 Å². The van der Waals surface area contributed by atoms with Gasteiger partial charge in [0.05, 0.1) is 28.7 Å². The fourth-order valence-electron chi connectivity index (χ4n) is 5.11. The van der Waals surface area contributed by atoms with Crippen molar-refractivity contribution in [2.24, 2.45) is 0 Å². The largest absolute Gasteiger partial charge is 0.330 e. The van der Waals surface area contributed by atoms with Crippen LogP contribution in [-0.2, 0) is 26.2 Å². The van der Waals surface area contributed by atoms with Crippen molar-refractivity contribution in [2.75, 3.05) is 18.5 Å². The van der Waals surface area contributed by atoms with Crippen LogP contribution >= 0.6 is 0 Å². The van der Waals surface area contributed by atoms with Crippen molar-refractivity contribution < 1.29 is 9.18 Å². The first-order valence-electron chi connectivity index (χ1n) is 14.0. The highest BCUT2D eigenvalue weighted by Gasteiger charge is 2.32. The lowest BCUT2D eigenvalue weighted by Gasteiger charge is -2.35. The molecule has 0 saturated carbocycles. The average Bonchev–Trinajstić information content (AvgIpc) is 3.03. The van der Waals surface area contributed by atoms with E-state index in [2.05, 4.69) is 42.2 Å². The van der Waals surface area contributed by atoms with E-state index < -0.39 is 6.67 Å². The Kier molecular flexibility index (Phi) is 9.91. The molecule has 3 aromatic heterocycles. The summed E-state index contributed by atoms with van der Waals surface area (Å²) in [6.45, 7) is 1.49. The SMILES string of the molecule is O=C(c1cnc(NNCc2ccccc2)nc1CF)N(CCCNCc1ccccn1)C1CCCc2cccnc21. The summed E-state index contributed by atoms with van der Waals surface area (Å²) in [5.74, 6) is -0.0743. The fourth-order valence-corrected chi connectivity index (χ4v) is 5.11. The van der Waals surface area contributed by atoms with E-state index in [1.807, 2.05) is 59.5 Å². The maximum absolute atomic E-state index is 14.2. The number of carbonyl (C=O) groups excluding carboxylic acids is 1. The molecule has 3 heterocycles. The quantitative estimate of drug-likeness (QED) is 0.163. The topological polar surface area (TPSA) is 108 Å². The van der Waals surface area contributed by atoms with Gasteiger partial charge in [-0.1, -0.05) is 42.5 Å². The molecule has 4 aromatic rings. The molecule has 3 N–H and O–H groups in total. The van der Waals surface area contributed by atoms with Gasteiger partial charge in [0.2, 0.25) is 5.95 Å². The lowest BCUT2D eigenvalue weighted by atomic mass is 9.90. The number of nitrogens with zero attached hydrogens (tertiary/aromatic N) is 5. The van der Waals surface area contributed by atoms with Crippen LogP contribution in [0.25, 0.3) is 0 Å². The molecule has 5 rings (SSSR count). The molecule has 9 nitrogen and oxygen atoms in total. The minimum absolute atomic E-state index is 0.0596. The third-order valence-electron chi connectivity index (χ3n) is 7.15. The number of benzene rings is 1. The molecule has 0 fully saturated rings. The molecular weight excluding hydrogens is 519 g/mol. The zero-order chi connectivity index (χ0) is 28.3. The number of carbonyl (C=O) groups is 1. The fraction of sp³-hybridized carbons (Fsp3) is 0.323. The molecule has 0 aliphatic heterocycles. The molecule has 10 heteroatoms. The Hall–Kier alpha value is -4.28. The third-order valence-corrected chi connectivity index (χ3v) is 7.15. The number of aryl methyl sites for hydroxylation is 1. The second-order valence-corrected chi connectivity index (χ2v) is 9.96. The maximum Gasteiger partial charge on any atom is 0.257 e. The summed E-state index contributed by atoms with van der Waals surface area (Å²) in [6.07, 6.45) is 8.36. The predicted molar refractivity (Wildman–Crippen MR) is 155 cm³/mol. The maximum atomic E-state index is 14.2. The van der Waals surface area contributed by atoms with Crippen molar-refractivity contribution in [3.05, 3.63) is 113 Å². The number of fused-ring (bicyclic) bond motifs is 1. The van der Waals surface area contributed by atoms with E-state index in [1.165, 1.54) is 6.20 Å². The number of halogens is 1. The Morgan fingerprint density at radius 3 is 2.66 bits per heavy atom. The van der Waals surface area contributed by atoms with Gasteiger partial charge >= 0.3 is 0 Å². The van der Waals surface area contributed by atoms with Crippen LogP contribution in [0, 0.1) is 0 Å². The van der Waals surface area contributed by atoms with Crippen LogP contribution in [0.15, 0.2) is 79.3 Å². The Balaban J connectivity index is 1.29. The van der Waals surface area contributed by atoms with Crippen molar-refractivity contribution >= 4 is 11.9 Å². The number of hydrogen-bond acceptors (Lipinski definition) is 8. The van der Waals surface area contributed by atoms with Crippen molar-refractivity contribution in [3.63, 3.8) is 0 Å². The van der Waals surface area contributed by atoms with Crippen LogP contribution in [-0.4, -0.2) is 43.8 Å². The smallest absolute Gasteiger partial charge is 0.257 e.